The third-order valence-electron chi connectivity index (χ3n) is 3.35. The normalized spacial score (nSPS) is 11.6. The van der Waals surface area contributed by atoms with Gasteiger partial charge in [0.15, 0.2) is 16.4 Å². The number of benzene rings is 1. The highest BCUT2D eigenvalue weighted by molar-refractivity contribution is 7.89. The number of hydrogen-bond acceptors (Lipinski definition) is 5. The molecule has 0 spiro atoms. The van der Waals surface area contributed by atoms with E-state index in [0.29, 0.717) is 5.56 Å². The van der Waals surface area contributed by atoms with Crippen LogP contribution in [0.4, 0.5) is 0 Å². The van der Waals surface area contributed by atoms with Crippen LogP contribution in [-0.2, 0) is 25.1 Å². The first-order valence-corrected chi connectivity index (χ1v) is 9.82. The lowest BCUT2D eigenvalue weighted by Crippen LogP contribution is -2.44. The maximum absolute atomic E-state index is 12.2. The van der Waals surface area contributed by atoms with Crippen LogP contribution in [-0.4, -0.2) is 50.1 Å². The molecule has 0 unspecified atom stereocenters. The zero-order valence-corrected chi connectivity index (χ0v) is 15.6. The van der Waals surface area contributed by atoms with E-state index in [1.165, 1.54) is 12.1 Å². The van der Waals surface area contributed by atoms with E-state index < -0.39 is 15.8 Å². The van der Waals surface area contributed by atoms with Gasteiger partial charge in [0, 0.05) is 18.3 Å². The van der Waals surface area contributed by atoms with E-state index >= 15 is 0 Å². The monoisotopic (exact) mass is 355 g/mol. The second-order valence-corrected chi connectivity index (χ2v) is 8.47. The fourth-order valence-electron chi connectivity index (χ4n) is 2.50. The topological polar surface area (TPSA) is 80.8 Å². The summed E-state index contributed by atoms with van der Waals surface area (Å²) in [5.74, 6) is -0.942. The second kappa shape index (κ2) is 8.28. The molecule has 1 aromatic rings. The van der Waals surface area contributed by atoms with Crippen LogP contribution in [0.25, 0.3) is 0 Å². The molecular formula is C17H25NO5S. The van der Waals surface area contributed by atoms with Gasteiger partial charge in [0.2, 0.25) is 0 Å². The maximum atomic E-state index is 12.2. The van der Waals surface area contributed by atoms with E-state index in [1.807, 2.05) is 27.7 Å². The molecule has 0 radical (unpaired) electrons. The van der Waals surface area contributed by atoms with Crippen LogP contribution in [0.2, 0.25) is 0 Å². The number of nitrogens with zero attached hydrogens (tertiary/aromatic N) is 1. The fraction of sp³-hybridized carbons (Fsp3) is 0.529. The van der Waals surface area contributed by atoms with Gasteiger partial charge in [0.25, 0.3) is 5.91 Å². The van der Waals surface area contributed by atoms with E-state index in [2.05, 4.69) is 0 Å². The molecule has 1 amide bonds. The highest BCUT2D eigenvalue weighted by atomic mass is 32.2. The predicted molar refractivity (Wildman–Crippen MR) is 92.4 cm³/mol. The standard InChI is InChI=1S/C17H25NO5S/c1-12(2)18(13(3)4)16(19)10-23-17(20)15-8-6-14(7-9-15)11-24(5,21)22/h6-9,12-13H,10-11H2,1-5H3. The fourth-order valence-corrected chi connectivity index (χ4v) is 3.30. The third kappa shape index (κ3) is 6.31. The number of ether oxygens (including phenoxy) is 1. The molecule has 134 valence electrons. The van der Waals surface area contributed by atoms with Crippen molar-refractivity contribution in [1.82, 2.24) is 4.90 Å². The summed E-state index contributed by atoms with van der Waals surface area (Å²) in [6.07, 6.45) is 1.15. The Morgan fingerprint density at radius 2 is 1.54 bits per heavy atom. The van der Waals surface area contributed by atoms with E-state index in [0.717, 1.165) is 6.26 Å². The quantitative estimate of drug-likeness (QED) is 0.699. The van der Waals surface area contributed by atoms with Gasteiger partial charge >= 0.3 is 5.97 Å². The minimum atomic E-state index is -3.12. The lowest BCUT2D eigenvalue weighted by Gasteiger charge is -2.30. The molecule has 0 aliphatic heterocycles. The van der Waals surface area contributed by atoms with Gasteiger partial charge in [-0.15, -0.1) is 0 Å². The predicted octanol–water partition coefficient (Wildman–Crippen LogP) is 2.03. The summed E-state index contributed by atoms with van der Waals surface area (Å²) in [6.45, 7) is 7.29. The van der Waals surface area contributed by atoms with Crippen LogP contribution in [0, 0.1) is 0 Å². The first-order valence-electron chi connectivity index (χ1n) is 7.76. The summed E-state index contributed by atoms with van der Waals surface area (Å²) >= 11 is 0. The van der Waals surface area contributed by atoms with Crippen LogP contribution in [0.15, 0.2) is 24.3 Å². The summed E-state index contributed by atoms with van der Waals surface area (Å²) in [4.78, 5) is 25.8. The Kier molecular flexibility index (Phi) is 6.95. The van der Waals surface area contributed by atoms with Gasteiger partial charge in [0.1, 0.15) is 0 Å². The molecule has 24 heavy (non-hydrogen) atoms. The Balaban J connectivity index is 2.67. The van der Waals surface area contributed by atoms with E-state index in [-0.39, 0.29) is 35.9 Å². The van der Waals surface area contributed by atoms with E-state index in [4.69, 9.17) is 4.74 Å². The summed E-state index contributed by atoms with van der Waals surface area (Å²) in [5.41, 5.74) is 0.872. The number of esters is 1. The number of carbonyl (C=O) groups is 2. The van der Waals surface area contributed by atoms with Gasteiger partial charge in [-0.05, 0) is 45.4 Å². The van der Waals surface area contributed by atoms with Crippen molar-refractivity contribution >= 4 is 21.7 Å². The molecule has 0 saturated heterocycles. The molecule has 6 nitrogen and oxygen atoms in total. The molecule has 1 rings (SSSR count). The minimum Gasteiger partial charge on any atom is -0.452 e. The number of rotatable bonds is 7. The minimum absolute atomic E-state index is 0.0199. The first kappa shape index (κ1) is 20.2. The third-order valence-corrected chi connectivity index (χ3v) is 4.20. The molecule has 0 bridgehead atoms. The number of hydrogen-bond donors (Lipinski definition) is 0. The van der Waals surface area contributed by atoms with Crippen LogP contribution >= 0.6 is 0 Å². The van der Waals surface area contributed by atoms with Gasteiger partial charge in [-0.1, -0.05) is 12.1 Å². The molecule has 0 saturated carbocycles. The number of amides is 1. The Bertz CT molecular complexity index is 669. The molecular weight excluding hydrogens is 330 g/mol. The Hall–Kier alpha value is -1.89. The molecule has 0 fully saturated rings. The van der Waals surface area contributed by atoms with Crippen molar-refractivity contribution in [2.45, 2.75) is 45.5 Å². The summed E-state index contributed by atoms with van der Waals surface area (Å²) in [7, 11) is -3.12. The van der Waals surface area contributed by atoms with Crippen LogP contribution in [0.1, 0.15) is 43.6 Å². The van der Waals surface area contributed by atoms with E-state index in [1.54, 1.807) is 17.0 Å². The van der Waals surface area contributed by atoms with Gasteiger partial charge < -0.3 is 9.64 Å². The summed E-state index contributed by atoms with van der Waals surface area (Å²) in [5, 5.41) is 0. The Morgan fingerprint density at radius 1 is 1.04 bits per heavy atom. The highest BCUT2D eigenvalue weighted by Crippen LogP contribution is 2.10. The van der Waals surface area contributed by atoms with Crippen molar-refractivity contribution in [1.29, 1.82) is 0 Å². The Morgan fingerprint density at radius 3 is 1.96 bits per heavy atom. The molecule has 0 N–H and O–H groups in total. The van der Waals surface area contributed by atoms with E-state index in [9.17, 15) is 18.0 Å². The molecule has 0 aliphatic carbocycles. The van der Waals surface area contributed by atoms with Gasteiger partial charge in [0.05, 0.1) is 11.3 Å². The van der Waals surface area contributed by atoms with Gasteiger partial charge in [-0.25, -0.2) is 13.2 Å². The molecule has 0 aromatic heterocycles. The van der Waals surface area contributed by atoms with Crippen molar-refractivity contribution in [2.75, 3.05) is 12.9 Å². The zero-order valence-electron chi connectivity index (χ0n) is 14.8. The molecule has 7 heteroatoms. The number of sulfone groups is 1. The van der Waals surface area contributed by atoms with Crippen molar-refractivity contribution in [3.8, 4) is 0 Å². The Labute approximate surface area is 143 Å². The molecule has 0 aliphatic rings. The average molecular weight is 355 g/mol. The smallest absolute Gasteiger partial charge is 0.338 e. The largest absolute Gasteiger partial charge is 0.452 e. The van der Waals surface area contributed by atoms with Gasteiger partial charge in [-0.3, -0.25) is 4.79 Å². The zero-order chi connectivity index (χ0) is 18.5. The number of carbonyl (C=O) groups excluding carboxylic acids is 2. The van der Waals surface area contributed by atoms with Crippen molar-refractivity contribution < 1.29 is 22.7 Å². The highest BCUT2D eigenvalue weighted by Gasteiger charge is 2.21. The van der Waals surface area contributed by atoms with Crippen molar-refractivity contribution in [3.05, 3.63) is 35.4 Å². The molecule has 1 aromatic carbocycles. The lowest BCUT2D eigenvalue weighted by atomic mass is 10.1. The SMILES string of the molecule is CC(C)N(C(=O)COC(=O)c1ccc(CS(C)(=O)=O)cc1)C(C)C. The van der Waals surface area contributed by atoms with Gasteiger partial charge in [-0.2, -0.15) is 0 Å². The van der Waals surface area contributed by atoms with Crippen molar-refractivity contribution in [3.63, 3.8) is 0 Å². The lowest BCUT2D eigenvalue weighted by molar-refractivity contribution is -0.138. The molecule has 0 heterocycles. The van der Waals surface area contributed by atoms with Crippen molar-refractivity contribution in [2.24, 2.45) is 0 Å². The first-order chi connectivity index (χ1) is 11.0. The second-order valence-electron chi connectivity index (χ2n) is 6.33. The maximum Gasteiger partial charge on any atom is 0.338 e. The van der Waals surface area contributed by atoms with Crippen LogP contribution < -0.4 is 0 Å². The average Bonchev–Trinajstić information content (AvgIpc) is 2.43. The summed E-state index contributed by atoms with van der Waals surface area (Å²) < 4.78 is 27.5. The molecule has 0 atom stereocenters. The van der Waals surface area contributed by atoms with Crippen LogP contribution in [0.3, 0.4) is 0 Å². The summed E-state index contributed by atoms with van der Waals surface area (Å²) in [6, 6.07) is 6.16. The van der Waals surface area contributed by atoms with Crippen LogP contribution in [0.5, 0.6) is 0 Å².